The van der Waals surface area contributed by atoms with Crippen LogP contribution in [0.4, 0.5) is 10.8 Å². The number of rotatable bonds is 6. The fourth-order valence-corrected chi connectivity index (χ4v) is 7.86. The predicted octanol–water partition coefficient (Wildman–Crippen LogP) is 5.04. The number of nitrogens with zero attached hydrogens (tertiary/aromatic N) is 2. The van der Waals surface area contributed by atoms with Crippen LogP contribution in [-0.4, -0.2) is 27.8 Å². The van der Waals surface area contributed by atoms with E-state index < -0.39 is 0 Å². The first-order valence-corrected chi connectivity index (χ1v) is 12.8. The van der Waals surface area contributed by atoms with Crippen LogP contribution >= 0.6 is 23.1 Å². The van der Waals surface area contributed by atoms with E-state index in [0.29, 0.717) is 9.47 Å². The first kappa shape index (κ1) is 20.9. The number of hydrogen-bond donors (Lipinski definition) is 2. The zero-order valence-electron chi connectivity index (χ0n) is 17.9. The quantitative estimate of drug-likeness (QED) is 0.470. The average Bonchev–Trinajstić information content (AvgIpc) is 3.12. The Bertz CT molecular complexity index is 963. The maximum Gasteiger partial charge on any atom is 0.234 e. The number of nitrogens with one attached hydrogen (secondary N) is 2. The van der Waals surface area contributed by atoms with Gasteiger partial charge in [-0.2, -0.15) is 0 Å². The summed E-state index contributed by atoms with van der Waals surface area (Å²) < 4.78 is 0.691. The van der Waals surface area contributed by atoms with Gasteiger partial charge >= 0.3 is 0 Å². The Morgan fingerprint density at radius 2 is 1.61 bits per heavy atom. The molecule has 8 heteroatoms. The Balaban J connectivity index is 1.15. The first-order chi connectivity index (χ1) is 14.9. The molecule has 0 atom stereocenters. The minimum absolute atomic E-state index is 0.0793. The van der Waals surface area contributed by atoms with E-state index in [4.69, 9.17) is 0 Å². The number of amides is 2. The lowest BCUT2D eigenvalue weighted by Gasteiger charge is -2.55. The first-order valence-electron chi connectivity index (χ1n) is 11.0. The maximum absolute atomic E-state index is 13.2. The Labute approximate surface area is 191 Å². The van der Waals surface area contributed by atoms with Gasteiger partial charge in [0.05, 0.1) is 11.2 Å². The van der Waals surface area contributed by atoms with Gasteiger partial charge in [-0.25, -0.2) is 0 Å². The van der Waals surface area contributed by atoms with Crippen LogP contribution in [-0.2, 0) is 9.59 Å². The van der Waals surface area contributed by atoms with Gasteiger partial charge in [0.1, 0.15) is 0 Å². The second-order valence-corrected chi connectivity index (χ2v) is 11.9. The molecule has 1 heterocycles. The van der Waals surface area contributed by atoms with Crippen molar-refractivity contribution in [2.45, 2.75) is 56.7 Å². The van der Waals surface area contributed by atoms with E-state index in [2.05, 4.69) is 26.9 Å². The third-order valence-corrected chi connectivity index (χ3v) is 8.95. The molecule has 1 aromatic carbocycles. The Hall–Kier alpha value is -1.93. The molecular formula is C23H28N4O2S2. The Kier molecular flexibility index (Phi) is 5.54. The second kappa shape index (κ2) is 8.20. The van der Waals surface area contributed by atoms with Gasteiger partial charge in [-0.3, -0.25) is 9.59 Å². The largest absolute Gasteiger partial charge is 0.325 e. The number of benzene rings is 1. The van der Waals surface area contributed by atoms with Crippen LogP contribution in [0, 0.1) is 37.0 Å². The van der Waals surface area contributed by atoms with Crippen LogP contribution in [0.5, 0.6) is 0 Å². The molecule has 6 rings (SSSR count). The summed E-state index contributed by atoms with van der Waals surface area (Å²) in [5.74, 6) is 2.50. The highest BCUT2D eigenvalue weighted by molar-refractivity contribution is 8.01. The van der Waals surface area contributed by atoms with Gasteiger partial charge in [0.15, 0.2) is 4.34 Å². The molecule has 164 valence electrons. The number of aryl methyl sites for hydroxylation is 2. The molecule has 0 unspecified atom stereocenters. The smallest absolute Gasteiger partial charge is 0.234 e. The summed E-state index contributed by atoms with van der Waals surface area (Å²) in [5, 5.41) is 14.8. The standard InChI is InChI=1S/C23H28N4O2S2/c1-13-3-14(2)5-18(4-13)24-19(28)12-30-22-27-26-21(31-22)25-20(29)23-9-15-6-16(10-23)8-17(7-15)11-23/h3-5,15-17H,6-12H2,1-2H3,(H,24,28)(H,25,26,29). The van der Waals surface area contributed by atoms with E-state index in [9.17, 15) is 9.59 Å². The lowest BCUT2D eigenvalue weighted by atomic mass is 9.49. The molecule has 4 aliphatic rings. The van der Waals surface area contributed by atoms with Crippen molar-refractivity contribution in [2.24, 2.45) is 23.2 Å². The lowest BCUT2D eigenvalue weighted by molar-refractivity contribution is -0.140. The second-order valence-electron chi connectivity index (χ2n) is 9.74. The van der Waals surface area contributed by atoms with Crippen LogP contribution in [0.3, 0.4) is 0 Å². The van der Waals surface area contributed by atoms with E-state index in [1.807, 2.05) is 26.0 Å². The lowest BCUT2D eigenvalue weighted by Crippen LogP contribution is -2.51. The molecule has 2 N–H and O–H groups in total. The van der Waals surface area contributed by atoms with Gasteiger partial charge in [0, 0.05) is 5.69 Å². The summed E-state index contributed by atoms with van der Waals surface area (Å²) in [4.78, 5) is 25.5. The van der Waals surface area contributed by atoms with Crippen molar-refractivity contribution in [3.05, 3.63) is 29.3 Å². The third-order valence-electron chi connectivity index (χ3n) is 6.98. The number of aromatic nitrogens is 2. The summed E-state index contributed by atoms with van der Waals surface area (Å²) in [6, 6.07) is 5.99. The van der Waals surface area contributed by atoms with Gasteiger partial charge in [0.25, 0.3) is 0 Å². The molecule has 4 bridgehead atoms. The van der Waals surface area contributed by atoms with Crippen LogP contribution < -0.4 is 10.6 Å². The van der Waals surface area contributed by atoms with E-state index >= 15 is 0 Å². The number of thioether (sulfide) groups is 1. The van der Waals surface area contributed by atoms with Crippen molar-refractivity contribution in [1.82, 2.24) is 10.2 Å². The minimum Gasteiger partial charge on any atom is -0.325 e. The number of hydrogen-bond acceptors (Lipinski definition) is 6. The summed E-state index contributed by atoms with van der Waals surface area (Å²) in [6.45, 7) is 4.02. The normalized spacial score (nSPS) is 28.5. The molecule has 4 saturated carbocycles. The molecule has 0 saturated heterocycles. The third kappa shape index (κ3) is 4.51. The highest BCUT2D eigenvalue weighted by Gasteiger charge is 2.54. The van der Waals surface area contributed by atoms with E-state index in [1.165, 1.54) is 42.4 Å². The maximum atomic E-state index is 13.2. The fraction of sp³-hybridized carbons (Fsp3) is 0.565. The van der Waals surface area contributed by atoms with Crippen LogP contribution in [0.25, 0.3) is 0 Å². The molecule has 0 spiro atoms. The van der Waals surface area contributed by atoms with Crippen molar-refractivity contribution < 1.29 is 9.59 Å². The van der Waals surface area contributed by atoms with Gasteiger partial charge in [0.2, 0.25) is 16.9 Å². The molecular weight excluding hydrogens is 428 g/mol. The summed E-state index contributed by atoms with van der Waals surface area (Å²) >= 11 is 2.69. The van der Waals surface area contributed by atoms with Crippen molar-refractivity contribution in [3.8, 4) is 0 Å². The summed E-state index contributed by atoms with van der Waals surface area (Å²) in [6.07, 6.45) is 7.04. The monoisotopic (exact) mass is 456 g/mol. The van der Waals surface area contributed by atoms with Gasteiger partial charge in [-0.1, -0.05) is 29.2 Å². The molecule has 0 radical (unpaired) electrons. The highest BCUT2D eigenvalue weighted by Crippen LogP contribution is 2.60. The zero-order chi connectivity index (χ0) is 21.6. The van der Waals surface area contributed by atoms with E-state index in [-0.39, 0.29) is 23.0 Å². The highest BCUT2D eigenvalue weighted by atomic mass is 32.2. The number of carbonyl (C=O) groups is 2. The molecule has 0 aliphatic heterocycles. The van der Waals surface area contributed by atoms with E-state index in [1.54, 1.807) is 0 Å². The molecule has 6 nitrogen and oxygen atoms in total. The Morgan fingerprint density at radius 1 is 1.00 bits per heavy atom. The van der Waals surface area contributed by atoms with Crippen molar-refractivity contribution in [1.29, 1.82) is 0 Å². The minimum atomic E-state index is -0.195. The van der Waals surface area contributed by atoms with E-state index in [0.717, 1.165) is 53.8 Å². The summed E-state index contributed by atoms with van der Waals surface area (Å²) in [7, 11) is 0. The zero-order valence-corrected chi connectivity index (χ0v) is 19.6. The molecule has 2 amide bonds. The van der Waals surface area contributed by atoms with Crippen molar-refractivity contribution in [3.63, 3.8) is 0 Å². The van der Waals surface area contributed by atoms with Crippen LogP contribution in [0.15, 0.2) is 22.5 Å². The van der Waals surface area contributed by atoms with Crippen molar-refractivity contribution in [2.75, 3.05) is 16.4 Å². The molecule has 4 aliphatic carbocycles. The molecule has 4 fully saturated rings. The predicted molar refractivity (Wildman–Crippen MR) is 124 cm³/mol. The van der Waals surface area contributed by atoms with Gasteiger partial charge < -0.3 is 10.6 Å². The topological polar surface area (TPSA) is 84.0 Å². The number of carbonyl (C=O) groups excluding carboxylic acids is 2. The van der Waals surface area contributed by atoms with Crippen LogP contribution in [0.2, 0.25) is 0 Å². The molecule has 31 heavy (non-hydrogen) atoms. The average molecular weight is 457 g/mol. The fourth-order valence-electron chi connectivity index (χ4n) is 6.31. The van der Waals surface area contributed by atoms with Gasteiger partial charge in [-0.15, -0.1) is 10.2 Å². The SMILES string of the molecule is Cc1cc(C)cc(NC(=O)CSc2nnc(NC(=O)C34CC5CC(CC(C5)C3)C4)s2)c1. The summed E-state index contributed by atoms with van der Waals surface area (Å²) in [5.41, 5.74) is 2.85. The Morgan fingerprint density at radius 3 is 2.23 bits per heavy atom. The van der Waals surface area contributed by atoms with Crippen molar-refractivity contribution >= 4 is 45.7 Å². The van der Waals surface area contributed by atoms with Crippen LogP contribution in [0.1, 0.15) is 49.7 Å². The number of anilines is 2. The van der Waals surface area contributed by atoms with Gasteiger partial charge in [-0.05, 0) is 93.4 Å². The molecule has 2 aromatic rings. The molecule has 1 aromatic heterocycles.